The maximum absolute atomic E-state index is 5.87. The third-order valence-electron chi connectivity index (χ3n) is 2.35. The van der Waals surface area contributed by atoms with Crippen LogP contribution in [0.5, 0.6) is 0 Å². The fourth-order valence-electron chi connectivity index (χ4n) is 1.75. The Morgan fingerprint density at radius 2 is 1.38 bits per heavy atom. The molecule has 0 aliphatic rings. The summed E-state index contributed by atoms with van der Waals surface area (Å²) in [6.45, 7) is 4.28. The van der Waals surface area contributed by atoms with Crippen LogP contribution >= 0.6 is 20.2 Å². The smallest absolute Gasteiger partial charge is 0.0406 e. The molecule has 1 unspecified atom stereocenters. The average molecular weight is 249 g/mol. The lowest BCUT2D eigenvalue weighted by Gasteiger charge is -2.05. The van der Waals surface area contributed by atoms with Crippen LogP contribution in [0, 0.1) is 13.8 Å². The third-order valence-corrected chi connectivity index (χ3v) is 3.81. The first-order valence-electron chi connectivity index (χ1n) is 5.24. The van der Waals surface area contributed by atoms with Crippen LogP contribution in [-0.4, -0.2) is 0 Å². The van der Waals surface area contributed by atoms with Crippen LogP contribution in [0.1, 0.15) is 11.1 Å². The van der Waals surface area contributed by atoms with Crippen molar-refractivity contribution in [1.82, 2.24) is 0 Å². The second-order valence-electron chi connectivity index (χ2n) is 4.01. The Morgan fingerprint density at radius 1 is 0.812 bits per heavy atom. The van der Waals surface area contributed by atoms with E-state index in [1.807, 2.05) is 12.1 Å². The van der Waals surface area contributed by atoms with Gasteiger partial charge in [0.1, 0.15) is 0 Å². The molecule has 1 atom stereocenters. The van der Waals surface area contributed by atoms with Gasteiger partial charge < -0.3 is 0 Å². The van der Waals surface area contributed by atoms with Crippen molar-refractivity contribution in [3.63, 3.8) is 0 Å². The molecule has 0 N–H and O–H groups in total. The van der Waals surface area contributed by atoms with Crippen molar-refractivity contribution in [3.8, 4) is 0 Å². The van der Waals surface area contributed by atoms with Gasteiger partial charge in [0, 0.05) is 5.02 Å². The van der Waals surface area contributed by atoms with Crippen LogP contribution in [-0.2, 0) is 0 Å². The van der Waals surface area contributed by atoms with Gasteiger partial charge in [0.2, 0.25) is 0 Å². The zero-order chi connectivity index (χ0) is 11.5. The quantitative estimate of drug-likeness (QED) is 0.713. The van der Waals surface area contributed by atoms with E-state index >= 15 is 0 Å². The highest BCUT2D eigenvalue weighted by atomic mass is 35.5. The van der Waals surface area contributed by atoms with Crippen molar-refractivity contribution >= 4 is 30.8 Å². The van der Waals surface area contributed by atoms with Gasteiger partial charge in [0.25, 0.3) is 0 Å². The van der Waals surface area contributed by atoms with Gasteiger partial charge in [-0.3, -0.25) is 0 Å². The number of rotatable bonds is 2. The van der Waals surface area contributed by atoms with Gasteiger partial charge in [-0.2, -0.15) is 0 Å². The molecule has 0 bridgehead atoms. The van der Waals surface area contributed by atoms with Crippen molar-refractivity contribution in [3.05, 3.63) is 58.6 Å². The van der Waals surface area contributed by atoms with E-state index in [-0.39, 0.29) is 0 Å². The molecule has 0 spiro atoms. The van der Waals surface area contributed by atoms with Crippen LogP contribution in [0.3, 0.4) is 0 Å². The first-order chi connectivity index (χ1) is 7.63. The van der Waals surface area contributed by atoms with Gasteiger partial charge in [-0.05, 0) is 36.6 Å². The average Bonchev–Trinajstić information content (AvgIpc) is 2.20. The highest BCUT2D eigenvalue weighted by molar-refractivity contribution is 7.55. The lowest BCUT2D eigenvalue weighted by molar-refractivity contribution is 1.41. The van der Waals surface area contributed by atoms with Crippen LogP contribution in [0.25, 0.3) is 0 Å². The molecule has 0 aliphatic heterocycles. The van der Waals surface area contributed by atoms with Crippen LogP contribution in [0.4, 0.5) is 0 Å². The molecule has 0 nitrogen and oxygen atoms in total. The lowest BCUT2D eigenvalue weighted by atomic mass is 10.2. The summed E-state index contributed by atoms with van der Waals surface area (Å²) in [7, 11) is 0.707. The van der Waals surface area contributed by atoms with E-state index in [0.29, 0.717) is 8.58 Å². The molecule has 0 heterocycles. The number of halogens is 1. The standard InChI is InChI=1S/C14H14ClP/c1-10-7-11(2)9-14(8-10)16-13-5-3-12(15)4-6-13/h3-9,16H,1-2H3. The van der Waals surface area contributed by atoms with Crippen LogP contribution < -0.4 is 10.6 Å². The first kappa shape index (κ1) is 11.6. The molecule has 0 saturated carbocycles. The van der Waals surface area contributed by atoms with Crippen LogP contribution in [0.2, 0.25) is 5.02 Å². The van der Waals surface area contributed by atoms with Gasteiger partial charge in [-0.1, -0.05) is 61.6 Å². The summed E-state index contributed by atoms with van der Waals surface area (Å²) in [4.78, 5) is 0. The Kier molecular flexibility index (Phi) is 3.63. The zero-order valence-corrected chi connectivity index (χ0v) is 11.2. The van der Waals surface area contributed by atoms with Gasteiger partial charge in [0.05, 0.1) is 0 Å². The molecule has 2 aromatic rings. The molecular formula is C14H14ClP. The minimum atomic E-state index is 0.707. The fraction of sp³-hybridized carbons (Fsp3) is 0.143. The molecule has 82 valence electrons. The minimum Gasteiger partial charge on any atom is -0.0843 e. The minimum absolute atomic E-state index is 0.707. The first-order valence-corrected chi connectivity index (χ1v) is 6.62. The van der Waals surface area contributed by atoms with E-state index < -0.39 is 0 Å². The monoisotopic (exact) mass is 248 g/mol. The lowest BCUT2D eigenvalue weighted by Crippen LogP contribution is -2.04. The van der Waals surface area contributed by atoms with E-state index in [1.54, 1.807) is 0 Å². The normalized spacial score (nSPS) is 11.2. The van der Waals surface area contributed by atoms with Gasteiger partial charge in [-0.15, -0.1) is 0 Å². The topological polar surface area (TPSA) is 0 Å². The summed E-state index contributed by atoms with van der Waals surface area (Å²) in [6.07, 6.45) is 0. The molecule has 0 radical (unpaired) electrons. The molecule has 0 amide bonds. The van der Waals surface area contributed by atoms with Gasteiger partial charge in [0.15, 0.2) is 0 Å². The van der Waals surface area contributed by atoms with Crippen molar-refractivity contribution in [2.45, 2.75) is 13.8 Å². The molecule has 0 aliphatic carbocycles. The SMILES string of the molecule is Cc1cc(C)cc(Pc2ccc(Cl)cc2)c1. The summed E-state index contributed by atoms with van der Waals surface area (Å²) in [5.41, 5.74) is 2.66. The zero-order valence-electron chi connectivity index (χ0n) is 9.42. The highest BCUT2D eigenvalue weighted by Gasteiger charge is 1.98. The van der Waals surface area contributed by atoms with Crippen molar-refractivity contribution in [2.75, 3.05) is 0 Å². The maximum Gasteiger partial charge on any atom is 0.0406 e. The van der Waals surface area contributed by atoms with E-state index in [1.165, 1.54) is 21.7 Å². The Labute approximate surface area is 103 Å². The molecule has 2 rings (SSSR count). The summed E-state index contributed by atoms with van der Waals surface area (Å²) in [5, 5.41) is 3.52. The Morgan fingerprint density at radius 3 is 1.94 bits per heavy atom. The molecular weight excluding hydrogens is 235 g/mol. The second-order valence-corrected chi connectivity index (χ2v) is 5.85. The molecule has 16 heavy (non-hydrogen) atoms. The second kappa shape index (κ2) is 4.99. The van der Waals surface area contributed by atoms with Gasteiger partial charge in [-0.25, -0.2) is 0 Å². The predicted octanol–water partition coefficient (Wildman–Crippen LogP) is 3.59. The Hall–Kier alpha value is -0.840. The fourth-order valence-corrected chi connectivity index (χ4v) is 3.14. The van der Waals surface area contributed by atoms with E-state index in [0.717, 1.165) is 5.02 Å². The number of benzene rings is 2. The highest BCUT2D eigenvalue weighted by Crippen LogP contribution is 2.15. The molecule has 0 saturated heterocycles. The largest absolute Gasteiger partial charge is 0.0843 e. The maximum atomic E-state index is 5.87. The number of hydrogen-bond donors (Lipinski definition) is 0. The Balaban J connectivity index is 2.23. The molecule has 0 fully saturated rings. The summed E-state index contributed by atoms with van der Waals surface area (Å²) in [6, 6.07) is 14.8. The molecule has 2 aromatic carbocycles. The van der Waals surface area contributed by atoms with E-state index in [2.05, 4.69) is 44.2 Å². The summed E-state index contributed by atoms with van der Waals surface area (Å²) < 4.78 is 0. The third kappa shape index (κ3) is 3.07. The number of aryl methyl sites for hydroxylation is 2. The summed E-state index contributed by atoms with van der Waals surface area (Å²) in [5.74, 6) is 0. The van der Waals surface area contributed by atoms with E-state index in [4.69, 9.17) is 11.6 Å². The molecule has 0 aromatic heterocycles. The Bertz CT molecular complexity index is 468. The van der Waals surface area contributed by atoms with Crippen molar-refractivity contribution in [2.24, 2.45) is 0 Å². The van der Waals surface area contributed by atoms with E-state index in [9.17, 15) is 0 Å². The molecule has 2 heteroatoms. The number of hydrogen-bond acceptors (Lipinski definition) is 0. The van der Waals surface area contributed by atoms with Crippen molar-refractivity contribution < 1.29 is 0 Å². The van der Waals surface area contributed by atoms with Crippen LogP contribution in [0.15, 0.2) is 42.5 Å². The van der Waals surface area contributed by atoms with Gasteiger partial charge >= 0.3 is 0 Å². The summed E-state index contributed by atoms with van der Waals surface area (Å²) >= 11 is 5.87. The van der Waals surface area contributed by atoms with Crippen molar-refractivity contribution in [1.29, 1.82) is 0 Å². The predicted molar refractivity (Wildman–Crippen MR) is 75.0 cm³/mol.